The number of benzene rings is 1. The standard InChI is InChI=1S/C11H7ClF2N2O2S/c12-10-2-1-7(19-10)5-15-11-8(13)3-6(16(17)18)4-9(11)14/h1-4,15H,5H2. The first-order chi connectivity index (χ1) is 8.97. The van der Waals surface area contributed by atoms with Crippen molar-refractivity contribution < 1.29 is 13.7 Å². The van der Waals surface area contributed by atoms with E-state index < -0.39 is 27.9 Å². The number of nitrogens with one attached hydrogen (secondary N) is 1. The summed E-state index contributed by atoms with van der Waals surface area (Å²) in [6, 6.07) is 4.74. The molecule has 19 heavy (non-hydrogen) atoms. The summed E-state index contributed by atoms with van der Waals surface area (Å²) in [6.07, 6.45) is 0. The first-order valence-corrected chi connectivity index (χ1v) is 6.28. The molecule has 2 rings (SSSR count). The maximum Gasteiger partial charge on any atom is 0.275 e. The molecule has 0 aliphatic rings. The summed E-state index contributed by atoms with van der Waals surface area (Å²) in [5.41, 5.74) is -1.02. The number of nitro groups is 1. The molecule has 0 fully saturated rings. The maximum absolute atomic E-state index is 13.5. The van der Waals surface area contributed by atoms with E-state index in [-0.39, 0.29) is 6.54 Å². The van der Waals surface area contributed by atoms with E-state index in [4.69, 9.17) is 11.6 Å². The summed E-state index contributed by atoms with van der Waals surface area (Å²) in [6.45, 7) is 0.184. The van der Waals surface area contributed by atoms with E-state index in [2.05, 4.69) is 5.32 Å². The fourth-order valence-electron chi connectivity index (χ4n) is 1.46. The number of rotatable bonds is 4. The highest BCUT2D eigenvalue weighted by molar-refractivity contribution is 7.16. The second kappa shape index (κ2) is 5.50. The molecule has 0 bridgehead atoms. The smallest absolute Gasteiger partial charge is 0.275 e. The maximum atomic E-state index is 13.5. The number of nitrogens with zero attached hydrogens (tertiary/aromatic N) is 1. The molecule has 2 aromatic rings. The van der Waals surface area contributed by atoms with Crippen molar-refractivity contribution in [3.05, 3.63) is 55.2 Å². The number of hydrogen-bond acceptors (Lipinski definition) is 4. The Morgan fingerprint density at radius 1 is 1.32 bits per heavy atom. The van der Waals surface area contributed by atoms with Crippen molar-refractivity contribution in [3.63, 3.8) is 0 Å². The summed E-state index contributed by atoms with van der Waals surface area (Å²) in [5.74, 6) is -2.01. The van der Waals surface area contributed by atoms with Crippen LogP contribution in [-0.4, -0.2) is 4.92 Å². The Balaban J connectivity index is 2.18. The van der Waals surface area contributed by atoms with Gasteiger partial charge in [-0.25, -0.2) is 8.78 Å². The van der Waals surface area contributed by atoms with Crippen LogP contribution >= 0.6 is 22.9 Å². The van der Waals surface area contributed by atoms with Crippen molar-refractivity contribution in [1.82, 2.24) is 0 Å². The summed E-state index contributed by atoms with van der Waals surface area (Å²) in [5, 5.41) is 13.0. The molecule has 4 nitrogen and oxygen atoms in total. The van der Waals surface area contributed by atoms with Gasteiger partial charge in [-0.15, -0.1) is 11.3 Å². The van der Waals surface area contributed by atoms with Gasteiger partial charge in [-0.1, -0.05) is 11.6 Å². The second-order valence-corrected chi connectivity index (χ2v) is 5.40. The van der Waals surface area contributed by atoms with Crippen LogP contribution in [0.1, 0.15) is 4.88 Å². The van der Waals surface area contributed by atoms with Gasteiger partial charge in [0.2, 0.25) is 0 Å². The minimum absolute atomic E-state index is 0.184. The van der Waals surface area contributed by atoms with Gasteiger partial charge in [0.25, 0.3) is 5.69 Å². The Morgan fingerprint density at radius 3 is 2.42 bits per heavy atom. The highest BCUT2D eigenvalue weighted by Gasteiger charge is 2.16. The first-order valence-electron chi connectivity index (χ1n) is 5.09. The largest absolute Gasteiger partial charge is 0.375 e. The average molecular weight is 305 g/mol. The topological polar surface area (TPSA) is 55.2 Å². The van der Waals surface area contributed by atoms with Crippen molar-refractivity contribution in [2.45, 2.75) is 6.54 Å². The van der Waals surface area contributed by atoms with Crippen LogP contribution in [0.5, 0.6) is 0 Å². The zero-order valence-electron chi connectivity index (χ0n) is 9.32. The fraction of sp³-hybridized carbons (Fsp3) is 0.0909. The Kier molecular flexibility index (Phi) is 3.96. The van der Waals surface area contributed by atoms with Crippen LogP contribution in [0.25, 0.3) is 0 Å². The quantitative estimate of drug-likeness (QED) is 0.680. The predicted octanol–water partition coefficient (Wildman–Crippen LogP) is 4.20. The Labute approximate surface area is 115 Å². The van der Waals surface area contributed by atoms with Crippen LogP contribution in [0.2, 0.25) is 4.34 Å². The molecule has 0 unspecified atom stereocenters. The lowest BCUT2D eigenvalue weighted by molar-refractivity contribution is -0.385. The highest BCUT2D eigenvalue weighted by Crippen LogP contribution is 2.27. The molecule has 0 radical (unpaired) electrons. The molecule has 0 atom stereocenters. The molecule has 0 spiro atoms. The number of non-ortho nitro benzene ring substituents is 1. The molecule has 1 N–H and O–H groups in total. The predicted molar refractivity (Wildman–Crippen MR) is 69.7 cm³/mol. The van der Waals surface area contributed by atoms with Gasteiger partial charge in [-0.2, -0.15) is 0 Å². The number of thiophene rings is 1. The lowest BCUT2D eigenvalue weighted by atomic mass is 10.2. The van der Waals surface area contributed by atoms with Crippen LogP contribution in [-0.2, 0) is 6.54 Å². The van der Waals surface area contributed by atoms with Crippen LogP contribution in [0.3, 0.4) is 0 Å². The minimum atomic E-state index is -1.01. The number of nitro benzene ring substituents is 1. The van der Waals surface area contributed by atoms with E-state index >= 15 is 0 Å². The third-order valence-corrected chi connectivity index (χ3v) is 3.54. The third kappa shape index (κ3) is 3.18. The highest BCUT2D eigenvalue weighted by atomic mass is 35.5. The SMILES string of the molecule is O=[N+]([O-])c1cc(F)c(NCc2ccc(Cl)s2)c(F)c1. The normalized spacial score (nSPS) is 10.5. The number of hydrogen-bond donors (Lipinski definition) is 1. The van der Waals surface area contributed by atoms with Gasteiger partial charge in [-0.3, -0.25) is 10.1 Å². The van der Waals surface area contributed by atoms with Gasteiger partial charge in [0.1, 0.15) is 5.69 Å². The van der Waals surface area contributed by atoms with Gasteiger partial charge in [0, 0.05) is 11.4 Å². The van der Waals surface area contributed by atoms with Crippen molar-refractivity contribution in [2.24, 2.45) is 0 Å². The molecule has 1 aromatic carbocycles. The molecule has 0 saturated heterocycles. The zero-order valence-corrected chi connectivity index (χ0v) is 10.9. The fourth-order valence-corrected chi connectivity index (χ4v) is 2.48. The van der Waals surface area contributed by atoms with Crippen LogP contribution in [0, 0.1) is 21.7 Å². The van der Waals surface area contributed by atoms with E-state index in [0.29, 0.717) is 16.5 Å². The van der Waals surface area contributed by atoms with Gasteiger partial charge in [0.05, 0.1) is 21.4 Å². The van der Waals surface area contributed by atoms with Gasteiger partial charge in [0.15, 0.2) is 11.6 Å². The van der Waals surface area contributed by atoms with Crippen molar-refractivity contribution >= 4 is 34.3 Å². The molecule has 1 aromatic heterocycles. The molecule has 0 amide bonds. The lowest BCUT2D eigenvalue weighted by Crippen LogP contribution is -2.03. The second-order valence-electron chi connectivity index (χ2n) is 3.60. The van der Waals surface area contributed by atoms with Crippen LogP contribution in [0.15, 0.2) is 24.3 Å². The summed E-state index contributed by atoms with van der Waals surface area (Å²) in [4.78, 5) is 10.4. The molecular formula is C11H7ClF2N2O2S. The minimum Gasteiger partial charge on any atom is -0.375 e. The third-order valence-electron chi connectivity index (χ3n) is 2.31. The molecule has 100 valence electrons. The van der Waals surface area contributed by atoms with Gasteiger partial charge < -0.3 is 5.32 Å². The Morgan fingerprint density at radius 2 is 1.95 bits per heavy atom. The van der Waals surface area contributed by atoms with Crippen LogP contribution in [0.4, 0.5) is 20.2 Å². The van der Waals surface area contributed by atoms with E-state index in [1.165, 1.54) is 11.3 Å². The van der Waals surface area contributed by atoms with E-state index in [1.807, 2.05) is 0 Å². The van der Waals surface area contributed by atoms with E-state index in [0.717, 1.165) is 4.88 Å². The summed E-state index contributed by atoms with van der Waals surface area (Å²) < 4.78 is 27.7. The van der Waals surface area contributed by atoms with Crippen LogP contribution < -0.4 is 5.32 Å². The monoisotopic (exact) mass is 304 g/mol. The Bertz CT molecular complexity index is 610. The van der Waals surface area contributed by atoms with Gasteiger partial charge in [-0.05, 0) is 12.1 Å². The number of halogens is 3. The Hall–Kier alpha value is -1.73. The lowest BCUT2D eigenvalue weighted by Gasteiger charge is -2.07. The van der Waals surface area contributed by atoms with Crippen molar-refractivity contribution in [3.8, 4) is 0 Å². The van der Waals surface area contributed by atoms with Crippen molar-refractivity contribution in [1.29, 1.82) is 0 Å². The molecule has 0 saturated carbocycles. The molecule has 8 heteroatoms. The van der Waals surface area contributed by atoms with E-state index in [9.17, 15) is 18.9 Å². The number of anilines is 1. The zero-order chi connectivity index (χ0) is 14.0. The average Bonchev–Trinajstić information content (AvgIpc) is 2.73. The summed E-state index contributed by atoms with van der Waals surface area (Å²) >= 11 is 7.00. The summed E-state index contributed by atoms with van der Waals surface area (Å²) in [7, 11) is 0. The molecule has 0 aliphatic heterocycles. The first kappa shape index (κ1) is 13.7. The van der Waals surface area contributed by atoms with Gasteiger partial charge >= 0.3 is 0 Å². The molecule has 1 heterocycles. The molecular weight excluding hydrogens is 298 g/mol. The van der Waals surface area contributed by atoms with E-state index in [1.54, 1.807) is 12.1 Å². The molecule has 0 aliphatic carbocycles. The van der Waals surface area contributed by atoms with Crippen molar-refractivity contribution in [2.75, 3.05) is 5.32 Å².